The highest BCUT2D eigenvalue weighted by atomic mass is 127. The van der Waals surface area contributed by atoms with Crippen LogP contribution in [0.3, 0.4) is 0 Å². The average Bonchev–Trinajstić information content (AvgIpc) is 3.16. The van der Waals surface area contributed by atoms with Crippen molar-refractivity contribution < 1.29 is 4.52 Å². The summed E-state index contributed by atoms with van der Waals surface area (Å²) in [4.78, 5) is 4.86. The second-order valence-corrected chi connectivity index (χ2v) is 6.99. The molecule has 2 aromatic heterocycles. The van der Waals surface area contributed by atoms with Crippen LogP contribution >= 0.6 is 22.6 Å². The number of hydrogen-bond acceptors (Lipinski definition) is 3. The largest absolute Gasteiger partial charge is 0.361 e. The molecule has 0 aliphatic heterocycles. The van der Waals surface area contributed by atoms with Gasteiger partial charge in [0.2, 0.25) is 0 Å². The van der Waals surface area contributed by atoms with E-state index in [-0.39, 0.29) is 0 Å². The Morgan fingerprint density at radius 2 is 2.05 bits per heavy atom. The van der Waals surface area contributed by atoms with Gasteiger partial charge in [0.15, 0.2) is 0 Å². The molecular weight excluding hydrogens is 377 g/mol. The molecule has 1 aromatic carbocycles. The monoisotopic (exact) mass is 393 g/mol. The summed E-state index contributed by atoms with van der Waals surface area (Å²) >= 11 is 2.38. The summed E-state index contributed by atoms with van der Waals surface area (Å²) in [5.74, 6) is 2.74. The molecule has 4 nitrogen and oxygen atoms in total. The SMILES string of the molecule is Cc1noc(C)c1-c1cc(I)c2nc(C3CC3)n(C)c2c1. The maximum absolute atomic E-state index is 5.31. The fourth-order valence-corrected chi connectivity index (χ4v) is 3.74. The van der Waals surface area contributed by atoms with Gasteiger partial charge in [-0.25, -0.2) is 4.98 Å². The van der Waals surface area contributed by atoms with E-state index in [2.05, 4.69) is 51.5 Å². The predicted molar refractivity (Wildman–Crippen MR) is 90.4 cm³/mol. The van der Waals surface area contributed by atoms with Crippen LogP contribution in [0.15, 0.2) is 16.7 Å². The van der Waals surface area contributed by atoms with Gasteiger partial charge in [0.25, 0.3) is 0 Å². The van der Waals surface area contributed by atoms with Crippen molar-refractivity contribution in [3.8, 4) is 11.1 Å². The summed E-state index contributed by atoms with van der Waals surface area (Å²) in [6.07, 6.45) is 2.54. The number of rotatable bonds is 2. The van der Waals surface area contributed by atoms with E-state index in [1.165, 1.54) is 27.8 Å². The molecule has 1 fully saturated rings. The zero-order valence-corrected chi connectivity index (χ0v) is 14.4. The van der Waals surface area contributed by atoms with E-state index in [1.54, 1.807) is 0 Å². The number of benzene rings is 1. The van der Waals surface area contributed by atoms with Crippen LogP contribution in [0.4, 0.5) is 0 Å². The lowest BCUT2D eigenvalue weighted by Crippen LogP contribution is -1.95. The standard InChI is InChI=1S/C16H16IN3O/c1-8-14(9(2)21-19-8)11-6-12(17)15-13(7-11)20(3)16(18-15)10-4-5-10/h6-7,10H,4-5H2,1-3H3. The van der Waals surface area contributed by atoms with Crippen LogP contribution in [0.1, 0.15) is 36.0 Å². The molecule has 0 spiro atoms. The number of aryl methyl sites for hydroxylation is 3. The first-order valence-corrected chi connectivity index (χ1v) is 8.23. The molecule has 0 bridgehead atoms. The number of nitrogens with zero attached hydrogens (tertiary/aromatic N) is 3. The fourth-order valence-electron chi connectivity index (χ4n) is 3.01. The summed E-state index contributed by atoms with van der Waals surface area (Å²) in [5, 5.41) is 4.07. The number of aromatic nitrogens is 3. The summed E-state index contributed by atoms with van der Waals surface area (Å²) in [6.45, 7) is 3.95. The Morgan fingerprint density at radius 3 is 2.67 bits per heavy atom. The van der Waals surface area contributed by atoms with E-state index in [0.29, 0.717) is 5.92 Å². The van der Waals surface area contributed by atoms with Crippen molar-refractivity contribution in [3.63, 3.8) is 0 Å². The Labute approximate surface area is 136 Å². The lowest BCUT2D eigenvalue weighted by atomic mass is 10.0. The lowest BCUT2D eigenvalue weighted by Gasteiger charge is -2.04. The second-order valence-electron chi connectivity index (χ2n) is 5.83. The maximum Gasteiger partial charge on any atom is 0.141 e. The van der Waals surface area contributed by atoms with Gasteiger partial charge in [-0.1, -0.05) is 5.16 Å². The first-order valence-electron chi connectivity index (χ1n) is 7.15. The molecule has 3 aromatic rings. The predicted octanol–water partition coefficient (Wildman–Crippen LogP) is 4.33. The van der Waals surface area contributed by atoms with Gasteiger partial charge in [-0.3, -0.25) is 0 Å². The number of fused-ring (bicyclic) bond motifs is 1. The Hall–Kier alpha value is -1.37. The molecule has 108 valence electrons. The van der Waals surface area contributed by atoms with Crippen molar-refractivity contribution in [3.05, 3.63) is 33.0 Å². The summed E-state index contributed by atoms with van der Waals surface area (Å²) in [6, 6.07) is 4.39. The summed E-state index contributed by atoms with van der Waals surface area (Å²) in [7, 11) is 2.12. The summed E-state index contributed by atoms with van der Waals surface area (Å²) < 4.78 is 8.74. The van der Waals surface area contributed by atoms with Crippen LogP contribution < -0.4 is 0 Å². The molecular formula is C16H16IN3O. The van der Waals surface area contributed by atoms with Crippen LogP contribution in [-0.2, 0) is 7.05 Å². The van der Waals surface area contributed by atoms with Gasteiger partial charge >= 0.3 is 0 Å². The maximum atomic E-state index is 5.31. The number of halogens is 1. The van der Waals surface area contributed by atoms with Crippen LogP contribution in [0.2, 0.25) is 0 Å². The van der Waals surface area contributed by atoms with Gasteiger partial charge in [-0.15, -0.1) is 0 Å². The molecule has 4 rings (SSSR count). The van der Waals surface area contributed by atoms with Crippen LogP contribution in [-0.4, -0.2) is 14.7 Å². The highest BCUT2D eigenvalue weighted by Crippen LogP contribution is 2.41. The second kappa shape index (κ2) is 4.56. The fraction of sp³-hybridized carbons (Fsp3) is 0.375. The van der Waals surface area contributed by atoms with Crippen molar-refractivity contribution in [2.45, 2.75) is 32.6 Å². The Kier molecular flexibility index (Phi) is 2.89. The molecule has 0 radical (unpaired) electrons. The minimum Gasteiger partial charge on any atom is -0.361 e. The van der Waals surface area contributed by atoms with Crippen molar-refractivity contribution >= 4 is 33.6 Å². The molecule has 1 aliphatic carbocycles. The van der Waals surface area contributed by atoms with Crippen LogP contribution in [0, 0.1) is 17.4 Å². The Morgan fingerprint density at radius 1 is 1.29 bits per heavy atom. The van der Waals surface area contributed by atoms with Gasteiger partial charge in [0, 0.05) is 22.1 Å². The third kappa shape index (κ3) is 2.01. The van der Waals surface area contributed by atoms with E-state index in [1.807, 2.05) is 13.8 Å². The third-order valence-corrected chi connectivity index (χ3v) is 5.06. The van der Waals surface area contributed by atoms with Crippen LogP contribution in [0.25, 0.3) is 22.2 Å². The molecule has 0 unspecified atom stereocenters. The van der Waals surface area contributed by atoms with Gasteiger partial charge in [-0.05, 0) is 67.0 Å². The van der Waals surface area contributed by atoms with Gasteiger partial charge < -0.3 is 9.09 Å². The van der Waals surface area contributed by atoms with E-state index in [4.69, 9.17) is 9.51 Å². The topological polar surface area (TPSA) is 43.9 Å². The Balaban J connectivity index is 1.98. The zero-order valence-electron chi connectivity index (χ0n) is 12.3. The van der Waals surface area contributed by atoms with Crippen molar-refractivity contribution in [2.24, 2.45) is 7.05 Å². The highest BCUT2D eigenvalue weighted by Gasteiger charge is 2.29. The normalized spacial score (nSPS) is 15.0. The molecule has 0 atom stereocenters. The first kappa shape index (κ1) is 13.3. The van der Waals surface area contributed by atoms with Crippen molar-refractivity contribution in [2.75, 3.05) is 0 Å². The van der Waals surface area contributed by atoms with Crippen LogP contribution in [0.5, 0.6) is 0 Å². The minimum absolute atomic E-state index is 0.653. The third-order valence-electron chi connectivity index (χ3n) is 4.24. The van der Waals surface area contributed by atoms with Gasteiger partial charge in [0.05, 0.1) is 11.2 Å². The molecule has 21 heavy (non-hydrogen) atoms. The lowest BCUT2D eigenvalue weighted by molar-refractivity contribution is 0.393. The molecule has 0 N–H and O–H groups in total. The molecule has 1 aliphatic rings. The highest BCUT2D eigenvalue weighted by molar-refractivity contribution is 14.1. The van der Waals surface area contributed by atoms with Gasteiger partial charge in [-0.2, -0.15) is 0 Å². The van der Waals surface area contributed by atoms with E-state index in [0.717, 1.165) is 28.1 Å². The van der Waals surface area contributed by atoms with Gasteiger partial charge in [0.1, 0.15) is 17.1 Å². The van der Waals surface area contributed by atoms with Crippen molar-refractivity contribution in [1.29, 1.82) is 0 Å². The van der Waals surface area contributed by atoms with Crippen molar-refractivity contribution in [1.82, 2.24) is 14.7 Å². The molecule has 1 saturated carbocycles. The smallest absolute Gasteiger partial charge is 0.141 e. The van der Waals surface area contributed by atoms with E-state index < -0.39 is 0 Å². The molecule has 5 heteroatoms. The van der Waals surface area contributed by atoms with E-state index >= 15 is 0 Å². The minimum atomic E-state index is 0.653. The quantitative estimate of drug-likeness (QED) is 0.609. The zero-order chi connectivity index (χ0) is 14.7. The number of imidazole rings is 1. The Bertz CT molecular complexity index is 839. The first-order chi connectivity index (χ1) is 10.1. The number of hydrogen-bond donors (Lipinski definition) is 0. The molecule has 0 amide bonds. The summed E-state index contributed by atoms with van der Waals surface area (Å²) in [5.41, 5.74) is 5.50. The average molecular weight is 393 g/mol. The molecule has 2 heterocycles. The van der Waals surface area contributed by atoms with E-state index in [9.17, 15) is 0 Å². The molecule has 0 saturated heterocycles.